The SMILES string of the molecule is O=C(NC[C@@H]1CCO[C@H]1c1ccccc1)N[C@@H]1C=CCCC1. The molecule has 22 heavy (non-hydrogen) atoms. The first kappa shape index (κ1) is 15.1. The van der Waals surface area contributed by atoms with Crippen molar-refractivity contribution in [1.29, 1.82) is 0 Å². The molecule has 3 atom stereocenters. The van der Waals surface area contributed by atoms with E-state index in [1.807, 2.05) is 18.2 Å². The zero-order valence-corrected chi connectivity index (χ0v) is 12.8. The number of rotatable bonds is 4. The van der Waals surface area contributed by atoms with E-state index in [1.165, 1.54) is 5.56 Å². The molecule has 0 spiro atoms. The Morgan fingerprint density at radius 2 is 2.09 bits per heavy atom. The fraction of sp³-hybridized carbons (Fsp3) is 0.500. The van der Waals surface area contributed by atoms with Crippen molar-refractivity contribution >= 4 is 6.03 Å². The molecule has 4 heteroatoms. The van der Waals surface area contributed by atoms with Gasteiger partial charge in [-0.1, -0.05) is 42.5 Å². The first-order valence-electron chi connectivity index (χ1n) is 8.20. The lowest BCUT2D eigenvalue weighted by Gasteiger charge is -2.21. The summed E-state index contributed by atoms with van der Waals surface area (Å²) in [5, 5.41) is 6.03. The van der Waals surface area contributed by atoms with E-state index in [0.717, 1.165) is 32.3 Å². The van der Waals surface area contributed by atoms with Crippen molar-refractivity contribution in [1.82, 2.24) is 10.6 Å². The summed E-state index contributed by atoms with van der Waals surface area (Å²) in [7, 11) is 0. The van der Waals surface area contributed by atoms with E-state index >= 15 is 0 Å². The molecule has 2 N–H and O–H groups in total. The minimum Gasteiger partial charge on any atom is -0.373 e. The van der Waals surface area contributed by atoms with Crippen molar-refractivity contribution in [3.05, 3.63) is 48.0 Å². The molecule has 1 heterocycles. The van der Waals surface area contributed by atoms with E-state index in [1.54, 1.807) is 0 Å². The summed E-state index contributed by atoms with van der Waals surface area (Å²) in [5.74, 6) is 0.343. The van der Waals surface area contributed by atoms with Crippen molar-refractivity contribution in [2.45, 2.75) is 37.8 Å². The van der Waals surface area contributed by atoms with E-state index < -0.39 is 0 Å². The molecule has 1 aromatic carbocycles. The van der Waals surface area contributed by atoms with Gasteiger partial charge in [0, 0.05) is 25.1 Å². The third-order valence-corrected chi connectivity index (χ3v) is 4.44. The van der Waals surface area contributed by atoms with Gasteiger partial charge in [-0.2, -0.15) is 0 Å². The molecule has 1 saturated heterocycles. The lowest BCUT2D eigenvalue weighted by molar-refractivity contribution is 0.0910. The van der Waals surface area contributed by atoms with Crippen molar-refractivity contribution in [3.63, 3.8) is 0 Å². The summed E-state index contributed by atoms with van der Waals surface area (Å²) in [5.41, 5.74) is 1.20. The van der Waals surface area contributed by atoms with Crippen LogP contribution in [0.4, 0.5) is 4.79 Å². The van der Waals surface area contributed by atoms with Gasteiger partial charge in [0.2, 0.25) is 0 Å². The fourth-order valence-corrected chi connectivity index (χ4v) is 3.23. The average Bonchev–Trinajstić information content (AvgIpc) is 3.03. The number of urea groups is 1. The van der Waals surface area contributed by atoms with Gasteiger partial charge in [-0.25, -0.2) is 4.79 Å². The smallest absolute Gasteiger partial charge is 0.315 e. The summed E-state index contributed by atoms with van der Waals surface area (Å²) in [4.78, 5) is 12.0. The molecule has 2 aliphatic rings. The maximum absolute atomic E-state index is 12.0. The Kier molecular flexibility index (Phi) is 5.11. The number of hydrogen-bond acceptors (Lipinski definition) is 2. The Labute approximate surface area is 131 Å². The van der Waals surface area contributed by atoms with Gasteiger partial charge in [-0.3, -0.25) is 0 Å². The molecule has 3 rings (SSSR count). The number of ether oxygens (including phenoxy) is 1. The Morgan fingerprint density at radius 1 is 1.23 bits per heavy atom. The summed E-state index contributed by atoms with van der Waals surface area (Å²) in [6.07, 6.45) is 8.62. The molecule has 1 aromatic rings. The van der Waals surface area contributed by atoms with Crippen LogP contribution in [0.25, 0.3) is 0 Å². The first-order valence-corrected chi connectivity index (χ1v) is 8.20. The standard InChI is InChI=1S/C18H24N2O2/c21-18(20-16-9-5-2-6-10-16)19-13-15-11-12-22-17(15)14-7-3-1-4-8-14/h1,3-5,7-9,15-17H,2,6,10-13H2,(H2,19,20,21)/t15-,16+,17-/m0/s1. The van der Waals surface area contributed by atoms with Gasteiger partial charge in [0.15, 0.2) is 0 Å². The molecule has 1 aliphatic carbocycles. The number of hydrogen-bond donors (Lipinski definition) is 2. The van der Waals surface area contributed by atoms with Crippen LogP contribution < -0.4 is 10.6 Å². The second-order valence-electron chi connectivity index (χ2n) is 6.07. The second kappa shape index (κ2) is 7.45. The predicted molar refractivity (Wildman–Crippen MR) is 86.6 cm³/mol. The van der Waals surface area contributed by atoms with E-state index in [0.29, 0.717) is 12.5 Å². The maximum Gasteiger partial charge on any atom is 0.315 e. The van der Waals surface area contributed by atoms with Crippen LogP contribution in [0.1, 0.15) is 37.4 Å². The number of amides is 2. The summed E-state index contributed by atoms with van der Waals surface area (Å²) >= 11 is 0. The number of benzene rings is 1. The summed E-state index contributed by atoms with van der Waals surface area (Å²) in [6.45, 7) is 1.42. The normalized spacial score (nSPS) is 27.5. The van der Waals surface area contributed by atoms with E-state index in [-0.39, 0.29) is 18.2 Å². The Morgan fingerprint density at radius 3 is 2.86 bits per heavy atom. The van der Waals surface area contributed by atoms with Crippen molar-refractivity contribution in [2.24, 2.45) is 5.92 Å². The number of carbonyl (C=O) groups is 1. The van der Waals surface area contributed by atoms with Gasteiger partial charge in [0.05, 0.1) is 6.10 Å². The molecular weight excluding hydrogens is 276 g/mol. The highest BCUT2D eigenvalue weighted by molar-refractivity contribution is 5.74. The fourth-order valence-electron chi connectivity index (χ4n) is 3.23. The Hall–Kier alpha value is -1.81. The van der Waals surface area contributed by atoms with Gasteiger partial charge >= 0.3 is 6.03 Å². The van der Waals surface area contributed by atoms with Crippen LogP contribution in [0.5, 0.6) is 0 Å². The van der Waals surface area contributed by atoms with Gasteiger partial charge in [-0.15, -0.1) is 0 Å². The zero-order chi connectivity index (χ0) is 15.2. The minimum absolute atomic E-state index is 0.0738. The van der Waals surface area contributed by atoms with Crippen molar-refractivity contribution in [3.8, 4) is 0 Å². The zero-order valence-electron chi connectivity index (χ0n) is 12.8. The van der Waals surface area contributed by atoms with Crippen LogP contribution in [0.3, 0.4) is 0 Å². The van der Waals surface area contributed by atoms with Gasteiger partial charge in [-0.05, 0) is 31.2 Å². The largest absolute Gasteiger partial charge is 0.373 e. The number of carbonyl (C=O) groups excluding carboxylic acids is 1. The molecule has 118 valence electrons. The highest BCUT2D eigenvalue weighted by Gasteiger charge is 2.29. The van der Waals surface area contributed by atoms with Gasteiger partial charge in [0.25, 0.3) is 0 Å². The minimum atomic E-state index is -0.0738. The van der Waals surface area contributed by atoms with Gasteiger partial charge in [0.1, 0.15) is 0 Å². The highest BCUT2D eigenvalue weighted by atomic mass is 16.5. The summed E-state index contributed by atoms with van der Waals surface area (Å²) < 4.78 is 5.85. The van der Waals surface area contributed by atoms with E-state index in [4.69, 9.17) is 4.74 Å². The number of nitrogens with one attached hydrogen (secondary N) is 2. The Balaban J connectivity index is 1.49. The molecule has 0 saturated carbocycles. The molecule has 2 amide bonds. The highest BCUT2D eigenvalue weighted by Crippen LogP contribution is 2.33. The monoisotopic (exact) mass is 300 g/mol. The number of allylic oxidation sites excluding steroid dienone is 1. The topological polar surface area (TPSA) is 50.4 Å². The molecule has 1 aliphatic heterocycles. The molecule has 1 fully saturated rings. The quantitative estimate of drug-likeness (QED) is 0.839. The van der Waals surface area contributed by atoms with Crippen molar-refractivity contribution < 1.29 is 9.53 Å². The predicted octanol–water partition coefficient (Wildman–Crippen LogP) is 3.17. The third-order valence-electron chi connectivity index (χ3n) is 4.44. The molecule has 0 unspecified atom stereocenters. The van der Waals surface area contributed by atoms with Crippen molar-refractivity contribution in [2.75, 3.05) is 13.2 Å². The van der Waals surface area contributed by atoms with Crippen LogP contribution in [0, 0.1) is 5.92 Å². The second-order valence-corrected chi connectivity index (χ2v) is 6.07. The molecule has 0 aromatic heterocycles. The lowest BCUT2D eigenvalue weighted by Crippen LogP contribution is -2.43. The lowest BCUT2D eigenvalue weighted by atomic mass is 9.95. The van der Waals surface area contributed by atoms with Crippen LogP contribution in [-0.4, -0.2) is 25.2 Å². The summed E-state index contributed by atoms with van der Waals surface area (Å²) in [6, 6.07) is 10.4. The average molecular weight is 300 g/mol. The molecule has 0 bridgehead atoms. The molecule has 4 nitrogen and oxygen atoms in total. The maximum atomic E-state index is 12.0. The van der Waals surface area contributed by atoms with Crippen LogP contribution >= 0.6 is 0 Å². The van der Waals surface area contributed by atoms with Gasteiger partial charge < -0.3 is 15.4 Å². The van der Waals surface area contributed by atoms with Crippen LogP contribution in [-0.2, 0) is 4.74 Å². The van der Waals surface area contributed by atoms with E-state index in [9.17, 15) is 4.79 Å². The van der Waals surface area contributed by atoms with E-state index in [2.05, 4.69) is 34.9 Å². The molecule has 0 radical (unpaired) electrons. The first-order chi connectivity index (χ1) is 10.8. The van der Waals surface area contributed by atoms with Crippen LogP contribution in [0.2, 0.25) is 0 Å². The third kappa shape index (κ3) is 3.89. The molecular formula is C18H24N2O2. The Bertz CT molecular complexity index is 515. The van der Waals surface area contributed by atoms with Crippen LogP contribution in [0.15, 0.2) is 42.5 Å².